The fourth-order valence-corrected chi connectivity index (χ4v) is 2.98. The highest BCUT2D eigenvalue weighted by Crippen LogP contribution is 2.21. The number of aromatic amines is 1. The summed E-state index contributed by atoms with van der Waals surface area (Å²) in [5.41, 5.74) is 1.80. The molecule has 1 amide bonds. The van der Waals surface area contributed by atoms with Gasteiger partial charge in [0.05, 0.1) is 22.8 Å². The number of imidazole rings is 1. The predicted octanol–water partition coefficient (Wildman–Crippen LogP) is 3.67. The first-order valence-corrected chi connectivity index (χ1v) is 8.23. The average molecular weight is 329 g/mol. The number of hydrogen-bond acceptors (Lipinski definition) is 3. The van der Waals surface area contributed by atoms with Crippen LogP contribution in [-0.2, 0) is 4.79 Å². The van der Waals surface area contributed by atoms with Gasteiger partial charge in [-0.2, -0.15) is 0 Å². The molecule has 0 radical (unpaired) electrons. The summed E-state index contributed by atoms with van der Waals surface area (Å²) in [6, 6.07) is 13.9. The number of hydrogen-bond donors (Lipinski definition) is 2. The molecular formula is C17H16FN3OS. The lowest BCUT2D eigenvalue weighted by Gasteiger charge is -2.11. The van der Waals surface area contributed by atoms with Crippen molar-refractivity contribution in [3.63, 3.8) is 0 Å². The Balaban J connectivity index is 1.60. The molecule has 6 heteroatoms. The van der Waals surface area contributed by atoms with Crippen molar-refractivity contribution in [3.05, 3.63) is 60.2 Å². The number of nitrogens with one attached hydrogen (secondary N) is 2. The van der Waals surface area contributed by atoms with Crippen LogP contribution in [0.5, 0.6) is 0 Å². The van der Waals surface area contributed by atoms with E-state index in [2.05, 4.69) is 15.3 Å². The summed E-state index contributed by atoms with van der Waals surface area (Å²) in [6.07, 6.45) is 0. The molecule has 1 heterocycles. The highest BCUT2D eigenvalue weighted by Gasteiger charge is 2.14. The zero-order valence-electron chi connectivity index (χ0n) is 12.5. The number of halogens is 1. The first-order chi connectivity index (χ1) is 11.1. The van der Waals surface area contributed by atoms with Crippen molar-refractivity contribution in [1.82, 2.24) is 15.3 Å². The number of thioether (sulfide) groups is 1. The van der Waals surface area contributed by atoms with E-state index in [1.807, 2.05) is 31.2 Å². The van der Waals surface area contributed by atoms with Crippen molar-refractivity contribution < 1.29 is 9.18 Å². The number of carbonyl (C=O) groups is 1. The number of carbonyl (C=O) groups excluding carboxylic acids is 1. The van der Waals surface area contributed by atoms with Crippen LogP contribution in [0.1, 0.15) is 18.8 Å². The molecule has 0 fully saturated rings. The van der Waals surface area contributed by atoms with E-state index >= 15 is 0 Å². The van der Waals surface area contributed by atoms with Crippen LogP contribution in [0.15, 0.2) is 53.4 Å². The van der Waals surface area contributed by atoms with Crippen molar-refractivity contribution in [3.8, 4) is 0 Å². The molecule has 0 saturated carbocycles. The van der Waals surface area contributed by atoms with Crippen LogP contribution in [0, 0.1) is 5.82 Å². The van der Waals surface area contributed by atoms with E-state index in [0.717, 1.165) is 11.0 Å². The molecular weight excluding hydrogens is 313 g/mol. The molecule has 3 rings (SSSR count). The molecule has 0 bridgehead atoms. The van der Waals surface area contributed by atoms with Gasteiger partial charge in [0.1, 0.15) is 11.6 Å². The number of amides is 1. The maximum atomic E-state index is 13.5. The van der Waals surface area contributed by atoms with Gasteiger partial charge in [-0.15, -0.1) is 11.8 Å². The van der Waals surface area contributed by atoms with Crippen molar-refractivity contribution >= 4 is 28.7 Å². The minimum absolute atomic E-state index is 0.158. The van der Waals surface area contributed by atoms with Gasteiger partial charge in [-0.25, -0.2) is 9.37 Å². The molecule has 2 aromatic carbocycles. The second-order valence-corrected chi connectivity index (χ2v) is 6.16. The summed E-state index contributed by atoms with van der Waals surface area (Å²) in [5.74, 6) is 0.392. The number of H-pyrrole nitrogens is 1. The lowest BCUT2D eigenvalue weighted by atomic mass is 10.3. The number of aromatic nitrogens is 2. The molecule has 2 N–H and O–H groups in total. The Bertz CT molecular complexity index is 800. The largest absolute Gasteiger partial charge is 0.346 e. The van der Waals surface area contributed by atoms with Crippen molar-refractivity contribution in [2.75, 3.05) is 5.75 Å². The normalized spacial score (nSPS) is 12.3. The van der Waals surface area contributed by atoms with Gasteiger partial charge < -0.3 is 10.3 Å². The lowest BCUT2D eigenvalue weighted by Crippen LogP contribution is -2.28. The summed E-state index contributed by atoms with van der Waals surface area (Å²) < 4.78 is 13.5. The first-order valence-electron chi connectivity index (χ1n) is 7.25. The molecule has 0 aliphatic carbocycles. The average Bonchev–Trinajstić information content (AvgIpc) is 2.98. The number of para-hydroxylation sites is 2. The Labute approximate surface area is 137 Å². The Morgan fingerprint density at radius 2 is 2.00 bits per heavy atom. The molecule has 1 unspecified atom stereocenters. The number of rotatable bonds is 5. The standard InChI is InChI=1S/C17H16FN3OS/c1-11(17-20-13-7-3-4-8-14(13)21-17)19-16(22)10-23-15-9-5-2-6-12(15)18/h2-9,11H,10H2,1H3,(H,19,22)(H,20,21). The van der Waals surface area contributed by atoms with Crippen LogP contribution < -0.4 is 5.32 Å². The molecule has 0 spiro atoms. The number of nitrogens with zero attached hydrogens (tertiary/aromatic N) is 1. The minimum Gasteiger partial charge on any atom is -0.346 e. The van der Waals surface area contributed by atoms with Gasteiger partial charge >= 0.3 is 0 Å². The quantitative estimate of drug-likeness (QED) is 0.702. The van der Waals surface area contributed by atoms with E-state index in [1.165, 1.54) is 17.8 Å². The Morgan fingerprint density at radius 3 is 2.78 bits per heavy atom. The van der Waals surface area contributed by atoms with E-state index in [1.54, 1.807) is 18.2 Å². The third-order valence-electron chi connectivity index (χ3n) is 3.39. The van der Waals surface area contributed by atoms with E-state index < -0.39 is 0 Å². The monoisotopic (exact) mass is 329 g/mol. The Hall–Kier alpha value is -2.34. The van der Waals surface area contributed by atoms with E-state index in [-0.39, 0.29) is 23.5 Å². The van der Waals surface area contributed by atoms with Gasteiger partial charge in [0.15, 0.2) is 0 Å². The third kappa shape index (κ3) is 3.71. The third-order valence-corrected chi connectivity index (χ3v) is 4.44. The maximum Gasteiger partial charge on any atom is 0.230 e. The fraction of sp³-hybridized carbons (Fsp3) is 0.176. The van der Waals surface area contributed by atoms with Gasteiger partial charge in [-0.3, -0.25) is 4.79 Å². The topological polar surface area (TPSA) is 57.8 Å². The Kier molecular flexibility index (Phi) is 4.62. The van der Waals surface area contributed by atoms with E-state index in [0.29, 0.717) is 10.7 Å². The second kappa shape index (κ2) is 6.83. The van der Waals surface area contributed by atoms with Crippen LogP contribution in [0.2, 0.25) is 0 Å². The smallest absolute Gasteiger partial charge is 0.230 e. The van der Waals surface area contributed by atoms with Gasteiger partial charge in [0.2, 0.25) is 5.91 Å². The minimum atomic E-state index is -0.310. The molecule has 0 aliphatic rings. The Morgan fingerprint density at radius 1 is 1.26 bits per heavy atom. The summed E-state index contributed by atoms with van der Waals surface area (Å²) in [6.45, 7) is 1.86. The van der Waals surface area contributed by atoms with Crippen LogP contribution in [0.4, 0.5) is 4.39 Å². The summed E-state index contributed by atoms with van der Waals surface area (Å²) in [7, 11) is 0. The zero-order valence-corrected chi connectivity index (χ0v) is 13.4. The second-order valence-electron chi connectivity index (χ2n) is 5.15. The van der Waals surface area contributed by atoms with E-state index in [9.17, 15) is 9.18 Å². The molecule has 0 saturated heterocycles. The van der Waals surface area contributed by atoms with Gasteiger partial charge in [-0.1, -0.05) is 24.3 Å². The SMILES string of the molecule is CC(NC(=O)CSc1ccccc1F)c1nc2ccccc2[nH]1. The van der Waals surface area contributed by atoms with Gasteiger partial charge in [0, 0.05) is 4.90 Å². The lowest BCUT2D eigenvalue weighted by molar-refractivity contribution is -0.119. The molecule has 118 valence electrons. The van der Waals surface area contributed by atoms with Crippen molar-refractivity contribution in [1.29, 1.82) is 0 Å². The molecule has 3 aromatic rings. The molecule has 1 aromatic heterocycles. The number of fused-ring (bicyclic) bond motifs is 1. The molecule has 23 heavy (non-hydrogen) atoms. The summed E-state index contributed by atoms with van der Waals surface area (Å²) >= 11 is 1.18. The van der Waals surface area contributed by atoms with Crippen LogP contribution in [0.3, 0.4) is 0 Å². The summed E-state index contributed by atoms with van der Waals surface area (Å²) in [4.78, 5) is 20.2. The maximum absolute atomic E-state index is 13.5. The zero-order chi connectivity index (χ0) is 16.2. The number of benzene rings is 2. The highest BCUT2D eigenvalue weighted by atomic mass is 32.2. The highest BCUT2D eigenvalue weighted by molar-refractivity contribution is 8.00. The molecule has 4 nitrogen and oxygen atoms in total. The summed E-state index contributed by atoms with van der Waals surface area (Å²) in [5, 5.41) is 2.87. The molecule has 1 atom stereocenters. The van der Waals surface area contributed by atoms with Gasteiger partial charge in [-0.05, 0) is 31.2 Å². The van der Waals surface area contributed by atoms with E-state index in [4.69, 9.17) is 0 Å². The first kappa shape index (κ1) is 15.6. The van der Waals surface area contributed by atoms with Crippen LogP contribution in [0.25, 0.3) is 11.0 Å². The molecule has 0 aliphatic heterocycles. The van der Waals surface area contributed by atoms with Crippen LogP contribution >= 0.6 is 11.8 Å². The van der Waals surface area contributed by atoms with Crippen molar-refractivity contribution in [2.24, 2.45) is 0 Å². The fourth-order valence-electron chi connectivity index (χ4n) is 2.23. The van der Waals surface area contributed by atoms with Crippen molar-refractivity contribution in [2.45, 2.75) is 17.9 Å². The van der Waals surface area contributed by atoms with Gasteiger partial charge in [0.25, 0.3) is 0 Å². The predicted molar refractivity (Wildman–Crippen MR) is 89.8 cm³/mol. The van der Waals surface area contributed by atoms with Crippen LogP contribution in [-0.4, -0.2) is 21.6 Å².